The monoisotopic (exact) mass is 339 g/mol. The number of carbonyl (C=O) groups is 2. The van der Waals surface area contributed by atoms with Crippen molar-refractivity contribution in [3.05, 3.63) is 59.7 Å². The predicted octanol–water partition coefficient (Wildman–Crippen LogP) is 4.05. The SMILES string of the molecule is CCCN(CCOC)C(=O)c1ccc(-c2ccccc2C(C)=O)cc1. The molecule has 0 heterocycles. The number of rotatable bonds is 8. The Hall–Kier alpha value is -2.46. The Morgan fingerprint density at radius 3 is 2.28 bits per heavy atom. The van der Waals surface area contributed by atoms with E-state index in [4.69, 9.17) is 4.74 Å². The standard InChI is InChI=1S/C21H25NO3/c1-4-13-22(14-15-25-3)21(24)18-11-9-17(10-12-18)20-8-6-5-7-19(20)16(2)23/h5-12H,4,13-15H2,1-3H3. The first-order valence-corrected chi connectivity index (χ1v) is 8.57. The lowest BCUT2D eigenvalue weighted by atomic mass is 9.96. The molecule has 2 rings (SSSR count). The first kappa shape index (κ1) is 18.9. The zero-order chi connectivity index (χ0) is 18.2. The molecular formula is C21H25NO3. The lowest BCUT2D eigenvalue weighted by molar-refractivity contribution is 0.0695. The average molecular weight is 339 g/mol. The number of carbonyl (C=O) groups excluding carboxylic acids is 2. The summed E-state index contributed by atoms with van der Waals surface area (Å²) in [5.74, 6) is 0.0368. The van der Waals surface area contributed by atoms with Gasteiger partial charge in [-0.15, -0.1) is 0 Å². The summed E-state index contributed by atoms with van der Waals surface area (Å²) < 4.78 is 5.09. The zero-order valence-electron chi connectivity index (χ0n) is 15.1. The van der Waals surface area contributed by atoms with Gasteiger partial charge in [-0.2, -0.15) is 0 Å². The molecule has 0 aliphatic heterocycles. The van der Waals surface area contributed by atoms with E-state index in [1.54, 1.807) is 14.0 Å². The van der Waals surface area contributed by atoms with E-state index >= 15 is 0 Å². The summed E-state index contributed by atoms with van der Waals surface area (Å²) in [4.78, 5) is 26.3. The van der Waals surface area contributed by atoms with Gasteiger partial charge in [-0.25, -0.2) is 0 Å². The van der Waals surface area contributed by atoms with E-state index in [1.807, 2.05) is 53.4 Å². The molecule has 0 spiro atoms. The van der Waals surface area contributed by atoms with Crippen LogP contribution in [0.15, 0.2) is 48.5 Å². The predicted molar refractivity (Wildman–Crippen MR) is 100.0 cm³/mol. The maximum absolute atomic E-state index is 12.7. The van der Waals surface area contributed by atoms with Crippen LogP contribution in [-0.2, 0) is 4.74 Å². The Morgan fingerprint density at radius 2 is 1.68 bits per heavy atom. The van der Waals surface area contributed by atoms with Gasteiger partial charge in [0.05, 0.1) is 6.61 Å². The lowest BCUT2D eigenvalue weighted by Gasteiger charge is -2.22. The molecule has 4 heteroatoms. The van der Waals surface area contributed by atoms with Gasteiger partial charge in [-0.3, -0.25) is 9.59 Å². The quantitative estimate of drug-likeness (QED) is 0.682. The minimum atomic E-state index is 0.00491. The van der Waals surface area contributed by atoms with Crippen LogP contribution in [0.5, 0.6) is 0 Å². The Morgan fingerprint density at radius 1 is 1.00 bits per heavy atom. The van der Waals surface area contributed by atoms with E-state index < -0.39 is 0 Å². The van der Waals surface area contributed by atoms with Crippen LogP contribution in [-0.4, -0.2) is 43.4 Å². The normalized spacial score (nSPS) is 10.5. The Balaban J connectivity index is 2.24. The fourth-order valence-electron chi connectivity index (χ4n) is 2.80. The van der Waals surface area contributed by atoms with Crippen molar-refractivity contribution in [3.8, 4) is 11.1 Å². The first-order chi connectivity index (χ1) is 12.1. The average Bonchev–Trinajstić information content (AvgIpc) is 2.64. The molecule has 0 N–H and O–H groups in total. The molecule has 4 nitrogen and oxygen atoms in total. The number of benzene rings is 2. The van der Waals surface area contributed by atoms with Crippen molar-refractivity contribution in [1.82, 2.24) is 4.90 Å². The molecule has 2 aromatic carbocycles. The molecule has 0 radical (unpaired) electrons. The molecule has 1 amide bonds. The number of amides is 1. The number of methoxy groups -OCH3 is 1. The highest BCUT2D eigenvalue weighted by molar-refractivity contribution is 6.01. The third kappa shape index (κ3) is 4.77. The molecule has 132 valence electrons. The summed E-state index contributed by atoms with van der Waals surface area (Å²) in [6.45, 7) is 5.43. The van der Waals surface area contributed by atoms with Gasteiger partial charge in [-0.1, -0.05) is 43.3 Å². The van der Waals surface area contributed by atoms with Gasteiger partial charge in [0.25, 0.3) is 5.91 Å². The van der Waals surface area contributed by atoms with Crippen molar-refractivity contribution in [1.29, 1.82) is 0 Å². The molecule has 0 atom stereocenters. The van der Waals surface area contributed by atoms with Crippen molar-refractivity contribution in [2.24, 2.45) is 0 Å². The zero-order valence-corrected chi connectivity index (χ0v) is 15.1. The van der Waals surface area contributed by atoms with E-state index in [-0.39, 0.29) is 11.7 Å². The molecule has 0 saturated heterocycles. The number of Topliss-reactive ketones (excluding diaryl/α,β-unsaturated/α-hetero) is 1. The molecule has 2 aromatic rings. The summed E-state index contributed by atoms with van der Waals surface area (Å²) in [5.41, 5.74) is 3.16. The Labute approximate surface area is 149 Å². The molecule has 0 bridgehead atoms. The smallest absolute Gasteiger partial charge is 0.253 e. The molecule has 0 unspecified atom stereocenters. The van der Waals surface area contributed by atoms with Crippen LogP contribution in [0.1, 0.15) is 41.0 Å². The fourth-order valence-corrected chi connectivity index (χ4v) is 2.80. The van der Waals surface area contributed by atoms with E-state index in [0.29, 0.717) is 30.8 Å². The summed E-state index contributed by atoms with van der Waals surface area (Å²) in [7, 11) is 1.63. The molecule has 0 fully saturated rings. The Kier molecular flexibility index (Phi) is 6.90. The first-order valence-electron chi connectivity index (χ1n) is 8.57. The van der Waals surface area contributed by atoms with Crippen molar-refractivity contribution < 1.29 is 14.3 Å². The van der Waals surface area contributed by atoms with Crippen molar-refractivity contribution in [2.75, 3.05) is 26.8 Å². The maximum Gasteiger partial charge on any atom is 0.253 e. The minimum Gasteiger partial charge on any atom is -0.383 e. The largest absolute Gasteiger partial charge is 0.383 e. The number of ether oxygens (including phenoxy) is 1. The van der Waals surface area contributed by atoms with Gasteiger partial charge < -0.3 is 9.64 Å². The summed E-state index contributed by atoms with van der Waals surface area (Å²) in [6, 6.07) is 15.0. The number of ketones is 1. The van der Waals surface area contributed by atoms with Gasteiger partial charge in [0.15, 0.2) is 5.78 Å². The van der Waals surface area contributed by atoms with E-state index in [2.05, 4.69) is 6.92 Å². The fraction of sp³-hybridized carbons (Fsp3) is 0.333. The highest BCUT2D eigenvalue weighted by atomic mass is 16.5. The highest BCUT2D eigenvalue weighted by Crippen LogP contribution is 2.24. The second-order valence-electron chi connectivity index (χ2n) is 5.96. The van der Waals surface area contributed by atoms with E-state index in [9.17, 15) is 9.59 Å². The summed E-state index contributed by atoms with van der Waals surface area (Å²) >= 11 is 0. The van der Waals surface area contributed by atoms with Crippen LogP contribution in [0, 0.1) is 0 Å². The second-order valence-corrected chi connectivity index (χ2v) is 5.96. The van der Waals surface area contributed by atoms with Crippen LogP contribution in [0.4, 0.5) is 0 Å². The summed E-state index contributed by atoms with van der Waals surface area (Å²) in [6.07, 6.45) is 0.902. The molecular weight excluding hydrogens is 314 g/mol. The third-order valence-corrected chi connectivity index (χ3v) is 4.10. The van der Waals surface area contributed by atoms with Crippen molar-refractivity contribution in [2.45, 2.75) is 20.3 Å². The number of hydrogen-bond donors (Lipinski definition) is 0. The van der Waals surface area contributed by atoms with Crippen LogP contribution < -0.4 is 0 Å². The van der Waals surface area contributed by atoms with Crippen LogP contribution >= 0.6 is 0 Å². The number of hydrogen-bond acceptors (Lipinski definition) is 3. The van der Waals surface area contributed by atoms with Crippen molar-refractivity contribution in [3.63, 3.8) is 0 Å². The molecule has 0 aromatic heterocycles. The second kappa shape index (κ2) is 9.14. The maximum atomic E-state index is 12.7. The van der Waals surface area contributed by atoms with E-state index in [0.717, 1.165) is 17.5 Å². The topological polar surface area (TPSA) is 46.6 Å². The minimum absolute atomic E-state index is 0.00491. The molecule has 25 heavy (non-hydrogen) atoms. The van der Waals surface area contributed by atoms with Crippen LogP contribution in [0.2, 0.25) is 0 Å². The van der Waals surface area contributed by atoms with E-state index in [1.165, 1.54) is 0 Å². The van der Waals surface area contributed by atoms with Gasteiger partial charge in [0.2, 0.25) is 0 Å². The third-order valence-electron chi connectivity index (χ3n) is 4.10. The summed E-state index contributed by atoms with van der Waals surface area (Å²) in [5, 5.41) is 0. The highest BCUT2D eigenvalue weighted by Gasteiger charge is 2.15. The molecule has 0 aliphatic rings. The molecule has 0 saturated carbocycles. The van der Waals surface area contributed by atoms with Crippen LogP contribution in [0.25, 0.3) is 11.1 Å². The molecule has 0 aliphatic carbocycles. The lowest BCUT2D eigenvalue weighted by Crippen LogP contribution is -2.34. The Bertz CT molecular complexity index is 722. The van der Waals surface area contributed by atoms with Gasteiger partial charge >= 0.3 is 0 Å². The van der Waals surface area contributed by atoms with Gasteiger partial charge in [-0.05, 0) is 36.6 Å². The van der Waals surface area contributed by atoms with Crippen LogP contribution in [0.3, 0.4) is 0 Å². The number of nitrogens with zero attached hydrogens (tertiary/aromatic N) is 1. The van der Waals surface area contributed by atoms with Crippen molar-refractivity contribution >= 4 is 11.7 Å². The van der Waals surface area contributed by atoms with Gasteiger partial charge in [0, 0.05) is 31.3 Å². The van der Waals surface area contributed by atoms with Gasteiger partial charge in [0.1, 0.15) is 0 Å².